The van der Waals surface area contributed by atoms with E-state index in [-0.39, 0.29) is 23.3 Å². The fourth-order valence-corrected chi connectivity index (χ4v) is 4.29. The third-order valence-electron chi connectivity index (χ3n) is 4.95. The molecule has 3 heterocycles. The van der Waals surface area contributed by atoms with Crippen molar-refractivity contribution in [2.45, 2.75) is 18.8 Å². The Morgan fingerprint density at radius 3 is 2.50 bits per heavy atom. The molecule has 0 spiro atoms. The Labute approximate surface area is 166 Å². The molecule has 2 amide bonds. The second-order valence-corrected chi connectivity index (χ2v) is 7.84. The lowest BCUT2D eigenvalue weighted by atomic mass is 9.89. The number of aromatic hydroxyl groups is 1. The van der Waals surface area contributed by atoms with Crippen molar-refractivity contribution in [3.63, 3.8) is 0 Å². The van der Waals surface area contributed by atoms with Gasteiger partial charge >= 0.3 is 0 Å². The van der Waals surface area contributed by atoms with Crippen LogP contribution in [0.25, 0.3) is 0 Å². The van der Waals surface area contributed by atoms with Crippen molar-refractivity contribution in [3.05, 3.63) is 71.0 Å². The van der Waals surface area contributed by atoms with Crippen LogP contribution >= 0.6 is 11.3 Å². The minimum atomic E-state index is -0.333. The monoisotopic (exact) mass is 396 g/mol. The van der Waals surface area contributed by atoms with Crippen molar-refractivity contribution in [1.29, 1.82) is 0 Å². The molecule has 1 aliphatic rings. The molecule has 0 saturated carbocycles. The molecule has 1 aromatic carbocycles. The number of thiophene rings is 1. The number of phenols is 1. The standard InChI is InChI=1S/C21H20N2O4S/c24-16-5-3-14(4-6-16)15-9-11-23(12-10-15)21(26)18-7-8-19(28-18)22-20(25)17-2-1-13-27-17/h1-8,13,15,24H,9-12H2,(H,22,25). The molecule has 7 heteroatoms. The van der Waals surface area contributed by atoms with E-state index >= 15 is 0 Å². The lowest BCUT2D eigenvalue weighted by molar-refractivity contribution is 0.0717. The lowest BCUT2D eigenvalue weighted by Crippen LogP contribution is -2.37. The van der Waals surface area contributed by atoms with Crippen LogP contribution in [-0.2, 0) is 0 Å². The third-order valence-corrected chi connectivity index (χ3v) is 5.93. The van der Waals surface area contributed by atoms with Gasteiger partial charge in [-0.05, 0) is 60.7 Å². The highest BCUT2D eigenvalue weighted by Crippen LogP contribution is 2.31. The first-order valence-corrected chi connectivity index (χ1v) is 9.95. The van der Waals surface area contributed by atoms with Crippen LogP contribution in [0.2, 0.25) is 0 Å². The second kappa shape index (κ2) is 7.90. The number of carbonyl (C=O) groups is 2. The van der Waals surface area contributed by atoms with E-state index in [0.29, 0.717) is 28.9 Å². The van der Waals surface area contributed by atoms with Crippen molar-refractivity contribution in [2.75, 3.05) is 18.4 Å². The molecule has 2 aromatic heterocycles. The fourth-order valence-electron chi connectivity index (χ4n) is 3.42. The van der Waals surface area contributed by atoms with Crippen LogP contribution in [0.5, 0.6) is 5.75 Å². The van der Waals surface area contributed by atoms with E-state index in [1.165, 1.54) is 23.2 Å². The van der Waals surface area contributed by atoms with E-state index in [9.17, 15) is 14.7 Å². The van der Waals surface area contributed by atoms with Crippen LogP contribution < -0.4 is 5.32 Å². The molecule has 0 aliphatic carbocycles. The Morgan fingerprint density at radius 1 is 1.07 bits per heavy atom. The maximum absolute atomic E-state index is 12.8. The molecule has 144 valence electrons. The molecule has 1 fully saturated rings. The highest BCUT2D eigenvalue weighted by atomic mass is 32.1. The molecule has 0 bridgehead atoms. The largest absolute Gasteiger partial charge is 0.508 e. The van der Waals surface area contributed by atoms with Crippen LogP contribution in [-0.4, -0.2) is 34.9 Å². The summed E-state index contributed by atoms with van der Waals surface area (Å²) in [7, 11) is 0. The minimum Gasteiger partial charge on any atom is -0.508 e. The van der Waals surface area contributed by atoms with Gasteiger partial charge in [-0.2, -0.15) is 0 Å². The van der Waals surface area contributed by atoms with Crippen LogP contribution in [0.1, 0.15) is 44.5 Å². The molecule has 1 aliphatic heterocycles. The average molecular weight is 396 g/mol. The fraction of sp³-hybridized carbons (Fsp3) is 0.238. The van der Waals surface area contributed by atoms with E-state index in [4.69, 9.17) is 4.42 Å². The summed E-state index contributed by atoms with van der Waals surface area (Å²) >= 11 is 1.27. The quantitative estimate of drug-likeness (QED) is 0.688. The van der Waals surface area contributed by atoms with Crippen molar-refractivity contribution in [2.24, 2.45) is 0 Å². The number of amides is 2. The van der Waals surface area contributed by atoms with Crippen LogP contribution in [0.4, 0.5) is 5.00 Å². The van der Waals surface area contributed by atoms with Crippen LogP contribution in [0.3, 0.4) is 0 Å². The molecule has 3 aromatic rings. The number of phenolic OH excluding ortho intramolecular Hbond substituents is 1. The Morgan fingerprint density at radius 2 is 1.82 bits per heavy atom. The molecule has 0 unspecified atom stereocenters. The highest BCUT2D eigenvalue weighted by molar-refractivity contribution is 7.18. The van der Waals surface area contributed by atoms with Gasteiger partial charge in [0.15, 0.2) is 5.76 Å². The summed E-state index contributed by atoms with van der Waals surface area (Å²) in [5, 5.41) is 12.8. The predicted molar refractivity (Wildman–Crippen MR) is 107 cm³/mol. The predicted octanol–water partition coefficient (Wildman–Crippen LogP) is 4.32. The van der Waals surface area contributed by atoms with Gasteiger partial charge in [-0.1, -0.05) is 12.1 Å². The van der Waals surface area contributed by atoms with Crippen molar-refractivity contribution in [1.82, 2.24) is 4.90 Å². The zero-order valence-corrected chi connectivity index (χ0v) is 15.9. The number of hydrogen-bond donors (Lipinski definition) is 2. The zero-order chi connectivity index (χ0) is 19.5. The molecule has 0 radical (unpaired) electrons. The number of piperidine rings is 1. The number of hydrogen-bond acceptors (Lipinski definition) is 5. The summed E-state index contributed by atoms with van der Waals surface area (Å²) in [6, 6.07) is 14.0. The Hall–Kier alpha value is -3.06. The first-order valence-electron chi connectivity index (χ1n) is 9.13. The van der Waals surface area contributed by atoms with Gasteiger partial charge in [0, 0.05) is 13.1 Å². The van der Waals surface area contributed by atoms with Gasteiger partial charge in [-0.15, -0.1) is 11.3 Å². The highest BCUT2D eigenvalue weighted by Gasteiger charge is 2.25. The normalized spacial score (nSPS) is 14.8. The number of nitrogens with one attached hydrogen (secondary N) is 1. The number of nitrogens with zero attached hydrogens (tertiary/aromatic N) is 1. The van der Waals surface area contributed by atoms with Gasteiger partial charge < -0.3 is 19.7 Å². The average Bonchev–Trinajstić information content (AvgIpc) is 3.40. The maximum Gasteiger partial charge on any atom is 0.291 e. The minimum absolute atomic E-state index is 0.00680. The summed E-state index contributed by atoms with van der Waals surface area (Å²) in [5.74, 6) is 0.561. The van der Waals surface area contributed by atoms with Gasteiger partial charge in [-0.25, -0.2) is 0 Å². The van der Waals surface area contributed by atoms with E-state index in [2.05, 4.69) is 5.32 Å². The van der Waals surface area contributed by atoms with Crippen molar-refractivity contribution >= 4 is 28.2 Å². The van der Waals surface area contributed by atoms with E-state index in [1.807, 2.05) is 17.0 Å². The molecule has 1 saturated heterocycles. The second-order valence-electron chi connectivity index (χ2n) is 6.75. The maximum atomic E-state index is 12.8. The molecule has 28 heavy (non-hydrogen) atoms. The number of anilines is 1. The van der Waals surface area contributed by atoms with Gasteiger partial charge in [0.1, 0.15) is 5.75 Å². The number of rotatable bonds is 4. The first kappa shape index (κ1) is 18.3. The smallest absolute Gasteiger partial charge is 0.291 e. The number of furan rings is 1. The molecular weight excluding hydrogens is 376 g/mol. The number of likely N-dealkylation sites (tertiary alicyclic amines) is 1. The van der Waals surface area contributed by atoms with Gasteiger partial charge in [-0.3, -0.25) is 9.59 Å². The van der Waals surface area contributed by atoms with Gasteiger partial charge in [0.05, 0.1) is 16.1 Å². The van der Waals surface area contributed by atoms with Crippen molar-refractivity contribution < 1.29 is 19.1 Å². The molecular formula is C21H20N2O4S. The van der Waals surface area contributed by atoms with Gasteiger partial charge in [0.25, 0.3) is 11.8 Å². The molecule has 2 N–H and O–H groups in total. The summed E-state index contributed by atoms with van der Waals surface area (Å²) < 4.78 is 5.07. The Kier molecular flexibility index (Phi) is 5.16. The number of carbonyl (C=O) groups excluding carboxylic acids is 2. The van der Waals surface area contributed by atoms with E-state index in [1.54, 1.807) is 36.4 Å². The topological polar surface area (TPSA) is 82.8 Å². The lowest BCUT2D eigenvalue weighted by Gasteiger charge is -2.32. The Bertz CT molecular complexity index is 955. The summed E-state index contributed by atoms with van der Waals surface area (Å²) in [6.45, 7) is 1.38. The van der Waals surface area contributed by atoms with Crippen LogP contribution in [0.15, 0.2) is 59.2 Å². The summed E-state index contributed by atoms with van der Waals surface area (Å²) in [4.78, 5) is 27.3. The SMILES string of the molecule is O=C(Nc1ccc(C(=O)N2CCC(c3ccc(O)cc3)CC2)s1)c1ccco1. The van der Waals surface area contributed by atoms with Crippen LogP contribution in [0, 0.1) is 0 Å². The summed E-state index contributed by atoms with van der Waals surface area (Å²) in [6.07, 6.45) is 3.23. The number of benzene rings is 1. The van der Waals surface area contributed by atoms with E-state index < -0.39 is 0 Å². The Balaban J connectivity index is 1.35. The van der Waals surface area contributed by atoms with Crippen molar-refractivity contribution in [3.8, 4) is 5.75 Å². The zero-order valence-electron chi connectivity index (χ0n) is 15.1. The first-order chi connectivity index (χ1) is 13.6. The molecule has 6 nitrogen and oxygen atoms in total. The van der Waals surface area contributed by atoms with E-state index in [0.717, 1.165) is 12.8 Å². The molecule has 4 rings (SSSR count). The summed E-state index contributed by atoms with van der Waals surface area (Å²) in [5.41, 5.74) is 1.20. The molecule has 0 atom stereocenters. The van der Waals surface area contributed by atoms with Gasteiger partial charge in [0.2, 0.25) is 0 Å². The third kappa shape index (κ3) is 3.94.